The average molecular weight is 372 g/mol. The number of carbonyl (C=O) groups is 1. The van der Waals surface area contributed by atoms with E-state index < -0.39 is 11.6 Å². The highest BCUT2D eigenvalue weighted by Gasteiger charge is 2.27. The van der Waals surface area contributed by atoms with Crippen molar-refractivity contribution in [1.29, 1.82) is 0 Å². The zero-order chi connectivity index (χ0) is 18.8. The minimum Gasteiger partial charge on any atom is -0.505 e. The van der Waals surface area contributed by atoms with Gasteiger partial charge in [-0.3, -0.25) is 4.79 Å². The van der Waals surface area contributed by atoms with Gasteiger partial charge in [-0.2, -0.15) is 0 Å². The Balaban J connectivity index is 2.03. The van der Waals surface area contributed by atoms with E-state index in [2.05, 4.69) is 0 Å². The van der Waals surface area contributed by atoms with Crippen molar-refractivity contribution in [3.63, 3.8) is 0 Å². The van der Waals surface area contributed by atoms with E-state index in [0.717, 1.165) is 27.8 Å². The van der Waals surface area contributed by atoms with Crippen LogP contribution in [0, 0.1) is 5.82 Å². The summed E-state index contributed by atoms with van der Waals surface area (Å²) in [5, 5.41) is 9.18. The molecule has 0 saturated carbocycles. The highest BCUT2D eigenvalue weighted by Crippen LogP contribution is 2.45. The van der Waals surface area contributed by atoms with Crippen molar-refractivity contribution in [2.24, 2.45) is 0 Å². The zero-order valence-electron chi connectivity index (χ0n) is 14.5. The topological polar surface area (TPSA) is 55.8 Å². The maximum Gasteiger partial charge on any atom is 0.224 e. The molecule has 1 aliphatic rings. The molecule has 6 heteroatoms. The quantitative estimate of drug-likeness (QED) is 0.793. The minimum absolute atomic E-state index is 0.110. The van der Waals surface area contributed by atoms with Crippen molar-refractivity contribution in [3.05, 3.63) is 64.5 Å². The lowest BCUT2D eigenvalue weighted by molar-refractivity contribution is -0.107. The van der Waals surface area contributed by atoms with Gasteiger partial charge in [-0.15, -0.1) is 0 Å². The number of phenols is 1. The lowest BCUT2D eigenvalue weighted by Gasteiger charge is -2.10. The average Bonchev–Trinajstić information content (AvgIpc) is 2.92. The fraction of sp³-hybridized carbons (Fsp3) is 0.150. The van der Waals surface area contributed by atoms with Crippen molar-refractivity contribution in [3.8, 4) is 17.2 Å². The van der Waals surface area contributed by atoms with Crippen LogP contribution in [0.5, 0.6) is 17.2 Å². The fourth-order valence-corrected chi connectivity index (χ4v) is 3.71. The summed E-state index contributed by atoms with van der Waals surface area (Å²) < 4.78 is 24.1. The molecule has 0 spiro atoms. The van der Waals surface area contributed by atoms with Crippen LogP contribution in [-0.2, 0) is 4.79 Å². The number of methoxy groups -OCH3 is 2. The van der Waals surface area contributed by atoms with Gasteiger partial charge in [-0.1, -0.05) is 6.07 Å². The van der Waals surface area contributed by atoms with Gasteiger partial charge in [0.2, 0.25) is 5.12 Å². The normalized spacial score (nSPS) is 15.7. The van der Waals surface area contributed by atoms with Crippen LogP contribution in [0.1, 0.15) is 18.1 Å². The van der Waals surface area contributed by atoms with Gasteiger partial charge < -0.3 is 14.6 Å². The molecule has 1 aliphatic heterocycles. The molecule has 0 amide bonds. The first-order valence-electron chi connectivity index (χ1n) is 7.80. The Morgan fingerprint density at radius 1 is 1.08 bits per heavy atom. The van der Waals surface area contributed by atoms with Crippen molar-refractivity contribution >= 4 is 27.9 Å². The number of benzene rings is 2. The van der Waals surface area contributed by atoms with Gasteiger partial charge >= 0.3 is 0 Å². The van der Waals surface area contributed by atoms with Crippen LogP contribution in [0.2, 0.25) is 0 Å². The number of allylic oxidation sites excluding steroid dienone is 1. The van der Waals surface area contributed by atoms with Crippen LogP contribution < -0.4 is 9.47 Å². The predicted octanol–water partition coefficient (Wildman–Crippen LogP) is 4.64. The van der Waals surface area contributed by atoms with Crippen molar-refractivity contribution in [1.82, 2.24) is 0 Å². The molecular weight excluding hydrogens is 355 g/mol. The number of halogens is 1. The highest BCUT2D eigenvalue weighted by molar-refractivity contribution is 8.22. The van der Waals surface area contributed by atoms with Gasteiger partial charge in [0.05, 0.1) is 14.2 Å². The monoisotopic (exact) mass is 372 g/mol. The molecule has 0 saturated heterocycles. The molecule has 26 heavy (non-hydrogen) atoms. The Kier molecular flexibility index (Phi) is 5.04. The number of aromatic hydroxyl groups is 1. The maximum absolute atomic E-state index is 13.5. The number of carbonyl (C=O) groups excluding carboxylic acids is 1. The second kappa shape index (κ2) is 7.25. The molecule has 0 atom stereocenters. The van der Waals surface area contributed by atoms with E-state index >= 15 is 0 Å². The van der Waals surface area contributed by atoms with Crippen LogP contribution in [0.25, 0.3) is 11.0 Å². The molecule has 0 fully saturated rings. The Labute approximate surface area is 154 Å². The van der Waals surface area contributed by atoms with Crippen LogP contribution in [-0.4, -0.2) is 24.4 Å². The van der Waals surface area contributed by atoms with E-state index in [-0.39, 0.29) is 5.12 Å². The van der Waals surface area contributed by atoms with Crippen LogP contribution in [0.15, 0.2) is 47.5 Å². The van der Waals surface area contributed by atoms with Crippen molar-refractivity contribution in [2.75, 3.05) is 14.2 Å². The second-order valence-electron chi connectivity index (χ2n) is 5.68. The van der Waals surface area contributed by atoms with Crippen molar-refractivity contribution in [2.45, 2.75) is 6.92 Å². The number of hydrogen-bond donors (Lipinski definition) is 1. The fourth-order valence-electron chi connectivity index (χ4n) is 2.70. The van der Waals surface area contributed by atoms with Gasteiger partial charge in [0, 0.05) is 10.5 Å². The van der Waals surface area contributed by atoms with Gasteiger partial charge in [-0.25, -0.2) is 4.39 Å². The summed E-state index contributed by atoms with van der Waals surface area (Å²) in [6, 6.07) is 9.50. The van der Waals surface area contributed by atoms with E-state index in [9.17, 15) is 14.3 Å². The van der Waals surface area contributed by atoms with E-state index in [1.807, 2.05) is 19.1 Å². The summed E-state index contributed by atoms with van der Waals surface area (Å²) in [7, 11) is 3.12. The summed E-state index contributed by atoms with van der Waals surface area (Å²) in [5.41, 5.74) is 2.67. The van der Waals surface area contributed by atoms with E-state index in [4.69, 9.17) is 9.47 Å². The molecule has 0 radical (unpaired) electrons. The molecule has 134 valence electrons. The Morgan fingerprint density at radius 3 is 2.46 bits per heavy atom. The summed E-state index contributed by atoms with van der Waals surface area (Å²) in [6.45, 7) is 1.85. The third-order valence-corrected chi connectivity index (χ3v) is 5.24. The van der Waals surface area contributed by atoms with Crippen LogP contribution in [0.3, 0.4) is 0 Å². The number of phenolic OH excluding ortho intramolecular Hbond substituents is 1. The molecule has 4 nitrogen and oxygen atoms in total. The number of ether oxygens (including phenoxy) is 2. The van der Waals surface area contributed by atoms with E-state index in [0.29, 0.717) is 22.6 Å². The Hall–Kier alpha value is -2.73. The zero-order valence-corrected chi connectivity index (χ0v) is 15.3. The molecule has 0 aliphatic carbocycles. The first-order chi connectivity index (χ1) is 12.4. The summed E-state index contributed by atoms with van der Waals surface area (Å²) in [6.07, 6.45) is 1.63. The van der Waals surface area contributed by atoms with Crippen molar-refractivity contribution < 1.29 is 23.8 Å². The number of hydrogen-bond acceptors (Lipinski definition) is 5. The number of thioether (sulfide) groups is 1. The van der Waals surface area contributed by atoms with Gasteiger partial charge in [0.1, 0.15) is 0 Å². The summed E-state index contributed by atoms with van der Waals surface area (Å²) in [4.78, 5) is 13.3. The third kappa shape index (κ3) is 3.32. The standard InChI is InChI=1S/C20H17FO4S/c1-11-14(8-12-4-6-16(22)15(21)9-12)20(23)26-19(11)13-5-7-17(24-2)18(10-13)25-3/h4-10,22H,1-3H3/b14-8-. The molecule has 2 aromatic rings. The van der Waals surface area contributed by atoms with E-state index in [1.54, 1.807) is 32.4 Å². The SMILES string of the molecule is COc1ccc(C2=C(C)/C(=C/c3ccc(O)c(F)c3)C(=O)S2)cc1OC. The molecule has 2 aromatic carbocycles. The maximum atomic E-state index is 13.5. The van der Waals surface area contributed by atoms with Gasteiger partial charge in [0.25, 0.3) is 0 Å². The lowest BCUT2D eigenvalue weighted by atomic mass is 10.0. The van der Waals surface area contributed by atoms with E-state index in [1.165, 1.54) is 12.1 Å². The largest absolute Gasteiger partial charge is 0.505 e. The molecule has 3 rings (SSSR count). The smallest absolute Gasteiger partial charge is 0.224 e. The predicted molar refractivity (Wildman–Crippen MR) is 101 cm³/mol. The summed E-state index contributed by atoms with van der Waals surface area (Å²) in [5.74, 6) is 0.0484. The molecule has 1 N–H and O–H groups in total. The third-order valence-electron chi connectivity index (χ3n) is 4.09. The first-order valence-corrected chi connectivity index (χ1v) is 8.62. The minimum atomic E-state index is -0.723. The molecule has 0 bridgehead atoms. The first kappa shape index (κ1) is 18.1. The van der Waals surface area contributed by atoms with Gasteiger partial charge in [-0.05, 0) is 71.8 Å². The van der Waals surface area contributed by atoms with Crippen LogP contribution >= 0.6 is 11.8 Å². The molecule has 1 heterocycles. The van der Waals surface area contributed by atoms with Crippen LogP contribution in [0.4, 0.5) is 4.39 Å². The number of rotatable bonds is 4. The lowest BCUT2D eigenvalue weighted by Crippen LogP contribution is -1.92. The summed E-state index contributed by atoms with van der Waals surface area (Å²) >= 11 is 1.13. The molecule has 0 aromatic heterocycles. The van der Waals surface area contributed by atoms with Gasteiger partial charge in [0.15, 0.2) is 23.1 Å². The Bertz CT molecular complexity index is 947. The highest BCUT2D eigenvalue weighted by atomic mass is 32.2. The Morgan fingerprint density at radius 2 is 1.81 bits per heavy atom. The molecular formula is C20H17FO4S. The second-order valence-corrected chi connectivity index (χ2v) is 6.67. The molecule has 0 unspecified atom stereocenters.